The number of methoxy groups -OCH3 is 1. The normalized spacial score (nSPS) is 14.4. The lowest BCUT2D eigenvalue weighted by molar-refractivity contribution is -0.384. The molecule has 0 heterocycles. The number of para-hydroxylation sites is 1. The molecule has 0 spiro atoms. The first-order valence-electron chi connectivity index (χ1n) is 9.18. The van der Waals surface area contributed by atoms with Gasteiger partial charge in [0.05, 0.1) is 28.3 Å². The first kappa shape index (κ1) is 19.9. The summed E-state index contributed by atoms with van der Waals surface area (Å²) in [6, 6.07) is 9.78. The fraction of sp³-hybridized carbons (Fsp3) is 0.350. The molecule has 2 N–H and O–H groups in total. The number of hydrogen-bond donors (Lipinski definition) is 2. The smallest absolute Gasteiger partial charge is 0.293 e. The molecule has 3 rings (SSSR count). The van der Waals surface area contributed by atoms with Crippen molar-refractivity contribution in [2.75, 3.05) is 17.7 Å². The van der Waals surface area contributed by atoms with Crippen molar-refractivity contribution in [2.24, 2.45) is 0 Å². The Morgan fingerprint density at radius 1 is 1.18 bits per heavy atom. The quantitative estimate of drug-likeness (QED) is 0.507. The highest BCUT2D eigenvalue weighted by Crippen LogP contribution is 2.36. The molecule has 148 valence electrons. The van der Waals surface area contributed by atoms with Gasteiger partial charge in [0, 0.05) is 12.1 Å². The van der Waals surface area contributed by atoms with Crippen molar-refractivity contribution in [1.82, 2.24) is 0 Å². The lowest BCUT2D eigenvalue weighted by atomic mass is 9.95. The number of nitro benzene ring substituents is 1. The molecule has 0 radical (unpaired) electrons. The van der Waals surface area contributed by atoms with Crippen LogP contribution in [0.5, 0.6) is 5.75 Å². The van der Waals surface area contributed by atoms with Gasteiger partial charge in [-0.1, -0.05) is 43.0 Å². The van der Waals surface area contributed by atoms with E-state index in [2.05, 4.69) is 10.6 Å². The van der Waals surface area contributed by atoms with E-state index in [9.17, 15) is 14.9 Å². The number of benzene rings is 2. The minimum atomic E-state index is -0.469. The Labute approximate surface area is 168 Å². The molecule has 1 saturated carbocycles. The molecule has 1 aliphatic carbocycles. The number of nitro groups is 1. The van der Waals surface area contributed by atoms with E-state index in [0.717, 1.165) is 25.7 Å². The van der Waals surface area contributed by atoms with Crippen LogP contribution >= 0.6 is 11.6 Å². The third-order valence-electron chi connectivity index (χ3n) is 4.85. The zero-order chi connectivity index (χ0) is 20.1. The molecule has 0 atom stereocenters. The Bertz CT molecular complexity index is 882. The number of nitrogens with one attached hydrogen (secondary N) is 2. The van der Waals surface area contributed by atoms with Crippen molar-refractivity contribution >= 4 is 34.6 Å². The van der Waals surface area contributed by atoms with Gasteiger partial charge >= 0.3 is 0 Å². The van der Waals surface area contributed by atoms with Crippen LogP contribution < -0.4 is 15.4 Å². The number of carbonyl (C=O) groups is 1. The molecular formula is C20H22ClN3O4. The van der Waals surface area contributed by atoms with Crippen LogP contribution in [-0.4, -0.2) is 24.0 Å². The second-order valence-electron chi connectivity index (χ2n) is 6.74. The van der Waals surface area contributed by atoms with Crippen LogP contribution in [0.25, 0.3) is 0 Å². The Balaban J connectivity index is 1.89. The van der Waals surface area contributed by atoms with E-state index in [1.54, 1.807) is 24.3 Å². The number of hydrogen-bond acceptors (Lipinski definition) is 5. The first-order valence-corrected chi connectivity index (χ1v) is 9.56. The van der Waals surface area contributed by atoms with Crippen molar-refractivity contribution < 1.29 is 14.5 Å². The van der Waals surface area contributed by atoms with E-state index >= 15 is 0 Å². The van der Waals surface area contributed by atoms with Gasteiger partial charge in [-0.2, -0.15) is 0 Å². The minimum absolute atomic E-state index is 0.101. The van der Waals surface area contributed by atoms with Gasteiger partial charge in [-0.3, -0.25) is 14.9 Å². The zero-order valence-corrected chi connectivity index (χ0v) is 16.3. The number of ether oxygens (including phenoxy) is 1. The summed E-state index contributed by atoms with van der Waals surface area (Å²) in [4.78, 5) is 23.6. The molecule has 1 amide bonds. The highest BCUT2D eigenvalue weighted by atomic mass is 35.5. The van der Waals surface area contributed by atoms with E-state index in [-0.39, 0.29) is 16.8 Å². The number of halogens is 1. The van der Waals surface area contributed by atoms with Crippen molar-refractivity contribution in [2.45, 2.75) is 38.1 Å². The minimum Gasteiger partial charge on any atom is -0.496 e. The van der Waals surface area contributed by atoms with E-state index in [0.29, 0.717) is 22.7 Å². The predicted octanol–water partition coefficient (Wildman–Crippen LogP) is 5.25. The summed E-state index contributed by atoms with van der Waals surface area (Å²) in [7, 11) is 1.48. The van der Waals surface area contributed by atoms with Crippen LogP contribution in [0, 0.1) is 10.1 Å². The van der Waals surface area contributed by atoms with Crippen molar-refractivity contribution in [1.29, 1.82) is 0 Å². The number of nitrogens with zero attached hydrogens (tertiary/aromatic N) is 1. The standard InChI is InChI=1S/C20H22ClN3O4/c1-28-19-10-6-5-9-14(19)20(25)23-16-12-17(18(24(26)27)11-15(16)21)22-13-7-3-2-4-8-13/h5-6,9-13,22H,2-4,7-8H2,1H3,(H,23,25). The maximum absolute atomic E-state index is 12.7. The summed E-state index contributed by atoms with van der Waals surface area (Å²) in [6.07, 6.45) is 5.29. The van der Waals surface area contributed by atoms with Gasteiger partial charge < -0.3 is 15.4 Å². The van der Waals surface area contributed by atoms with Crippen LogP contribution in [-0.2, 0) is 0 Å². The summed E-state index contributed by atoms with van der Waals surface area (Å²) in [5, 5.41) is 17.5. The van der Waals surface area contributed by atoms with Crippen LogP contribution in [0.2, 0.25) is 5.02 Å². The number of amides is 1. The van der Waals surface area contributed by atoms with Crippen LogP contribution in [0.3, 0.4) is 0 Å². The van der Waals surface area contributed by atoms with Crippen molar-refractivity contribution in [3.63, 3.8) is 0 Å². The topological polar surface area (TPSA) is 93.5 Å². The second-order valence-corrected chi connectivity index (χ2v) is 7.15. The van der Waals surface area contributed by atoms with Crippen LogP contribution in [0.1, 0.15) is 42.5 Å². The van der Waals surface area contributed by atoms with Gasteiger partial charge in [0.25, 0.3) is 11.6 Å². The predicted molar refractivity (Wildman–Crippen MR) is 110 cm³/mol. The summed E-state index contributed by atoms with van der Waals surface area (Å²) in [5.74, 6) is 0.0235. The number of anilines is 2. The van der Waals surface area contributed by atoms with Gasteiger partial charge in [0.1, 0.15) is 11.4 Å². The molecule has 0 aliphatic heterocycles. The Hall–Kier alpha value is -2.80. The molecule has 0 bridgehead atoms. The SMILES string of the molecule is COc1ccccc1C(=O)Nc1cc(NC2CCCCC2)c([N+](=O)[O-])cc1Cl. The van der Waals surface area contributed by atoms with E-state index in [1.807, 2.05) is 0 Å². The Morgan fingerprint density at radius 2 is 1.89 bits per heavy atom. The highest BCUT2D eigenvalue weighted by Gasteiger charge is 2.23. The lowest BCUT2D eigenvalue weighted by Crippen LogP contribution is -2.23. The average Bonchev–Trinajstić information content (AvgIpc) is 2.70. The Morgan fingerprint density at radius 3 is 2.57 bits per heavy atom. The first-order chi connectivity index (χ1) is 13.5. The van der Waals surface area contributed by atoms with Crippen LogP contribution in [0.15, 0.2) is 36.4 Å². The third-order valence-corrected chi connectivity index (χ3v) is 5.16. The average molecular weight is 404 g/mol. The van der Waals surface area contributed by atoms with Gasteiger partial charge in [-0.25, -0.2) is 0 Å². The number of rotatable bonds is 6. The largest absolute Gasteiger partial charge is 0.496 e. The van der Waals surface area contributed by atoms with E-state index < -0.39 is 10.8 Å². The fourth-order valence-corrected chi connectivity index (χ4v) is 3.62. The monoisotopic (exact) mass is 403 g/mol. The molecule has 0 aromatic heterocycles. The number of carbonyl (C=O) groups excluding carboxylic acids is 1. The second kappa shape index (κ2) is 8.93. The maximum Gasteiger partial charge on any atom is 0.293 e. The summed E-state index contributed by atoms with van der Waals surface area (Å²) >= 11 is 6.22. The van der Waals surface area contributed by atoms with E-state index in [4.69, 9.17) is 16.3 Å². The molecule has 28 heavy (non-hydrogen) atoms. The summed E-state index contributed by atoms with van der Waals surface area (Å²) < 4.78 is 5.21. The zero-order valence-electron chi connectivity index (χ0n) is 15.5. The lowest BCUT2D eigenvalue weighted by Gasteiger charge is -2.24. The van der Waals surface area contributed by atoms with Gasteiger partial charge in [0.15, 0.2) is 0 Å². The summed E-state index contributed by atoms with van der Waals surface area (Å²) in [6.45, 7) is 0. The van der Waals surface area contributed by atoms with Gasteiger partial charge in [-0.05, 0) is 31.0 Å². The molecule has 1 aliphatic rings. The molecule has 1 fully saturated rings. The van der Waals surface area contributed by atoms with Gasteiger partial charge in [0.2, 0.25) is 0 Å². The molecule has 2 aromatic carbocycles. The van der Waals surface area contributed by atoms with E-state index in [1.165, 1.54) is 25.7 Å². The molecule has 0 unspecified atom stereocenters. The molecule has 8 heteroatoms. The van der Waals surface area contributed by atoms with Crippen molar-refractivity contribution in [3.8, 4) is 5.75 Å². The van der Waals surface area contributed by atoms with Gasteiger partial charge in [-0.15, -0.1) is 0 Å². The van der Waals surface area contributed by atoms with Crippen LogP contribution in [0.4, 0.5) is 17.1 Å². The molecular weight excluding hydrogens is 382 g/mol. The summed E-state index contributed by atoms with van der Waals surface area (Å²) in [5.41, 5.74) is 0.908. The molecule has 2 aromatic rings. The fourth-order valence-electron chi connectivity index (χ4n) is 3.41. The van der Waals surface area contributed by atoms with Crippen molar-refractivity contribution in [3.05, 3.63) is 57.1 Å². The molecule has 7 nitrogen and oxygen atoms in total. The third kappa shape index (κ3) is 4.54. The maximum atomic E-state index is 12.7. The molecule has 0 saturated heterocycles. The Kier molecular flexibility index (Phi) is 6.36. The highest BCUT2D eigenvalue weighted by molar-refractivity contribution is 6.34.